The van der Waals surface area contributed by atoms with Crippen LogP contribution in [0.2, 0.25) is 0 Å². The van der Waals surface area contributed by atoms with Crippen molar-refractivity contribution >= 4 is 15.9 Å². The van der Waals surface area contributed by atoms with E-state index in [1.807, 2.05) is 0 Å². The molecule has 0 aliphatic rings. The van der Waals surface area contributed by atoms with Crippen LogP contribution >= 0.6 is 15.9 Å². The first-order valence-corrected chi connectivity index (χ1v) is 3.99. The van der Waals surface area contributed by atoms with Gasteiger partial charge in [-0.2, -0.15) is 0 Å². The monoisotopic (exact) mass is 196 g/mol. The van der Waals surface area contributed by atoms with Crippen molar-refractivity contribution < 1.29 is 10.2 Å². The zero-order valence-corrected chi connectivity index (χ0v) is 7.19. The van der Waals surface area contributed by atoms with Gasteiger partial charge >= 0.3 is 0 Å². The molecule has 0 fully saturated rings. The Morgan fingerprint density at radius 2 is 1.89 bits per heavy atom. The molecular weight excluding hydrogens is 184 g/mol. The molecule has 0 heterocycles. The van der Waals surface area contributed by atoms with Gasteiger partial charge in [0.25, 0.3) is 0 Å². The van der Waals surface area contributed by atoms with Gasteiger partial charge in [-0.15, -0.1) is 0 Å². The fraction of sp³-hybridized carbons (Fsp3) is 1.00. The van der Waals surface area contributed by atoms with E-state index in [9.17, 15) is 0 Å². The van der Waals surface area contributed by atoms with E-state index in [-0.39, 0.29) is 0 Å². The van der Waals surface area contributed by atoms with Gasteiger partial charge in [-0.3, -0.25) is 0 Å². The third kappa shape index (κ3) is 8.40. The van der Waals surface area contributed by atoms with Gasteiger partial charge in [-0.05, 0) is 22.4 Å². The summed E-state index contributed by atoms with van der Waals surface area (Å²) >= 11 is 2.72. The summed E-state index contributed by atoms with van der Waals surface area (Å²) < 4.78 is -1.64. The highest BCUT2D eigenvalue weighted by molar-refractivity contribution is 9.09. The first-order chi connectivity index (χ1) is 4.06. The van der Waals surface area contributed by atoms with Crippen LogP contribution in [-0.2, 0) is 0 Å². The van der Waals surface area contributed by atoms with Crippen molar-refractivity contribution in [2.75, 3.05) is 0 Å². The van der Waals surface area contributed by atoms with Gasteiger partial charge in [0.05, 0.1) is 0 Å². The number of rotatable bonds is 4. The quantitative estimate of drug-likeness (QED) is 0.408. The summed E-state index contributed by atoms with van der Waals surface area (Å²) in [6.07, 6.45) is 3.41. The van der Waals surface area contributed by atoms with Crippen molar-refractivity contribution in [1.82, 2.24) is 0 Å². The van der Waals surface area contributed by atoms with Crippen molar-refractivity contribution in [3.8, 4) is 0 Å². The molecule has 0 rings (SSSR count). The van der Waals surface area contributed by atoms with E-state index in [1.54, 1.807) is 0 Å². The molecule has 0 radical (unpaired) electrons. The number of alkyl halides is 1. The van der Waals surface area contributed by atoms with Gasteiger partial charge in [-0.25, -0.2) is 0 Å². The Morgan fingerprint density at radius 1 is 1.33 bits per heavy atom. The van der Waals surface area contributed by atoms with Gasteiger partial charge in [0.2, 0.25) is 4.70 Å². The van der Waals surface area contributed by atoms with Crippen LogP contribution in [0, 0.1) is 0 Å². The highest BCUT2D eigenvalue weighted by Gasteiger charge is 2.15. The van der Waals surface area contributed by atoms with Gasteiger partial charge in [0.1, 0.15) is 0 Å². The molecule has 56 valence electrons. The van der Waals surface area contributed by atoms with E-state index in [2.05, 4.69) is 22.9 Å². The molecule has 2 N–H and O–H groups in total. The van der Waals surface area contributed by atoms with Crippen molar-refractivity contribution in [2.45, 2.75) is 37.3 Å². The molecule has 0 unspecified atom stereocenters. The van der Waals surface area contributed by atoms with E-state index in [0.717, 1.165) is 19.3 Å². The zero-order chi connectivity index (χ0) is 7.33. The topological polar surface area (TPSA) is 40.5 Å². The molecule has 0 spiro atoms. The van der Waals surface area contributed by atoms with Crippen molar-refractivity contribution in [1.29, 1.82) is 0 Å². The summed E-state index contributed by atoms with van der Waals surface area (Å²) in [6, 6.07) is 0. The minimum absolute atomic E-state index is 0.404. The lowest BCUT2D eigenvalue weighted by Gasteiger charge is -2.11. The van der Waals surface area contributed by atoms with E-state index in [0.29, 0.717) is 6.42 Å². The molecule has 0 aromatic heterocycles. The molecular formula is C6H13BrO2. The van der Waals surface area contributed by atoms with Crippen LogP contribution in [0.3, 0.4) is 0 Å². The maximum absolute atomic E-state index is 8.72. The first kappa shape index (κ1) is 9.40. The number of aliphatic hydroxyl groups is 2. The Hall–Kier alpha value is 0.400. The molecule has 0 aromatic carbocycles. The lowest BCUT2D eigenvalue weighted by molar-refractivity contribution is -0.0752. The number of halogens is 1. The lowest BCUT2D eigenvalue weighted by atomic mass is 10.2. The maximum Gasteiger partial charge on any atom is 0.221 e. The normalized spacial score (nSPS) is 12.0. The van der Waals surface area contributed by atoms with E-state index >= 15 is 0 Å². The minimum atomic E-state index is -1.64. The van der Waals surface area contributed by atoms with Crippen molar-refractivity contribution in [2.24, 2.45) is 0 Å². The first-order valence-electron chi connectivity index (χ1n) is 3.20. The van der Waals surface area contributed by atoms with Gasteiger partial charge < -0.3 is 10.2 Å². The summed E-state index contributed by atoms with van der Waals surface area (Å²) in [5.41, 5.74) is 0. The predicted molar refractivity (Wildman–Crippen MR) is 40.2 cm³/mol. The second-order valence-electron chi connectivity index (χ2n) is 2.18. The molecule has 2 nitrogen and oxygen atoms in total. The van der Waals surface area contributed by atoms with Crippen LogP contribution in [0.4, 0.5) is 0 Å². The fourth-order valence-electron chi connectivity index (χ4n) is 0.600. The highest BCUT2D eigenvalue weighted by atomic mass is 79.9. The smallest absolute Gasteiger partial charge is 0.221 e. The molecule has 0 amide bonds. The third-order valence-corrected chi connectivity index (χ3v) is 1.49. The highest BCUT2D eigenvalue weighted by Crippen LogP contribution is 2.17. The van der Waals surface area contributed by atoms with E-state index in [1.165, 1.54) is 0 Å². The summed E-state index contributed by atoms with van der Waals surface area (Å²) in [6.45, 7) is 2.07. The molecule has 0 atom stereocenters. The molecule has 0 saturated carbocycles. The Morgan fingerprint density at radius 3 is 2.22 bits per heavy atom. The fourth-order valence-corrected chi connectivity index (χ4v) is 0.880. The predicted octanol–water partition coefficient (Wildman–Crippen LogP) is 1.60. The summed E-state index contributed by atoms with van der Waals surface area (Å²) in [4.78, 5) is 0. The average Bonchev–Trinajstić information content (AvgIpc) is 1.63. The van der Waals surface area contributed by atoms with E-state index in [4.69, 9.17) is 10.2 Å². The summed E-state index contributed by atoms with van der Waals surface area (Å²) in [7, 11) is 0. The zero-order valence-electron chi connectivity index (χ0n) is 5.60. The minimum Gasteiger partial charge on any atom is -0.357 e. The molecule has 3 heteroatoms. The van der Waals surface area contributed by atoms with E-state index < -0.39 is 4.70 Å². The average molecular weight is 197 g/mol. The Labute approximate surface area is 64.0 Å². The molecule has 0 aromatic rings. The second kappa shape index (κ2) is 4.25. The number of hydrogen-bond acceptors (Lipinski definition) is 2. The van der Waals surface area contributed by atoms with Crippen LogP contribution in [0.5, 0.6) is 0 Å². The van der Waals surface area contributed by atoms with Crippen LogP contribution in [-0.4, -0.2) is 14.9 Å². The molecule has 0 saturated heterocycles. The Kier molecular flexibility index (Phi) is 4.44. The number of hydrogen-bond donors (Lipinski definition) is 2. The van der Waals surface area contributed by atoms with Crippen LogP contribution in [0.1, 0.15) is 32.6 Å². The standard InChI is InChI=1S/C6H13BrO2/c1-2-3-4-5-6(7,8)9/h8-9H,2-5H2,1H3. The van der Waals surface area contributed by atoms with Crippen LogP contribution in [0.25, 0.3) is 0 Å². The Balaban J connectivity index is 3.07. The summed E-state index contributed by atoms with van der Waals surface area (Å²) in [5, 5.41) is 17.4. The Bertz CT molecular complexity index is 67.9. The number of unbranched alkanes of at least 4 members (excludes halogenated alkanes) is 2. The lowest BCUT2D eigenvalue weighted by Crippen LogP contribution is -2.17. The second-order valence-corrected chi connectivity index (χ2v) is 3.45. The molecule has 0 aliphatic carbocycles. The van der Waals surface area contributed by atoms with Gasteiger partial charge in [-0.1, -0.05) is 19.8 Å². The van der Waals surface area contributed by atoms with Gasteiger partial charge in [0, 0.05) is 6.42 Å². The summed E-state index contributed by atoms with van der Waals surface area (Å²) in [5.74, 6) is 0. The third-order valence-electron chi connectivity index (χ3n) is 1.10. The van der Waals surface area contributed by atoms with Crippen molar-refractivity contribution in [3.05, 3.63) is 0 Å². The van der Waals surface area contributed by atoms with Crippen molar-refractivity contribution in [3.63, 3.8) is 0 Å². The van der Waals surface area contributed by atoms with Gasteiger partial charge in [0.15, 0.2) is 0 Å². The van der Waals surface area contributed by atoms with Crippen LogP contribution in [0.15, 0.2) is 0 Å². The largest absolute Gasteiger partial charge is 0.357 e. The van der Waals surface area contributed by atoms with Crippen LogP contribution < -0.4 is 0 Å². The maximum atomic E-state index is 8.72. The molecule has 9 heavy (non-hydrogen) atoms. The molecule has 0 aliphatic heterocycles. The SMILES string of the molecule is CCCCCC(O)(O)Br. The molecule has 0 bridgehead atoms.